The van der Waals surface area contributed by atoms with E-state index in [0.29, 0.717) is 11.3 Å². The zero-order valence-corrected chi connectivity index (χ0v) is 10.5. The van der Waals surface area contributed by atoms with Gasteiger partial charge in [0.15, 0.2) is 11.5 Å². The van der Waals surface area contributed by atoms with Gasteiger partial charge in [-0.1, -0.05) is 0 Å². The number of anilines is 1. The number of rotatable bonds is 2. The highest BCUT2D eigenvalue weighted by molar-refractivity contribution is 6.00. The number of aromatic hydroxyl groups is 1. The van der Waals surface area contributed by atoms with Gasteiger partial charge in [0.25, 0.3) is 5.91 Å². The molecule has 1 aromatic carbocycles. The van der Waals surface area contributed by atoms with Crippen molar-refractivity contribution in [1.29, 1.82) is 0 Å². The Bertz CT molecular complexity index is 454. The number of hydrogen-bond donors (Lipinski definition) is 2. The normalized spacial score (nSPS) is 15.5. The van der Waals surface area contributed by atoms with Gasteiger partial charge in [0.05, 0.1) is 12.7 Å². The second-order valence-electron chi connectivity index (χ2n) is 4.46. The van der Waals surface area contributed by atoms with Gasteiger partial charge in [0, 0.05) is 24.8 Å². The van der Waals surface area contributed by atoms with Gasteiger partial charge in [0.2, 0.25) is 0 Å². The molecule has 2 rings (SSSR count). The molecule has 3 N–H and O–H groups in total. The van der Waals surface area contributed by atoms with Crippen LogP contribution in [0.4, 0.5) is 5.69 Å². The molecule has 1 aliphatic rings. The van der Waals surface area contributed by atoms with Crippen LogP contribution in [0.5, 0.6) is 11.5 Å². The molecule has 1 heterocycles. The van der Waals surface area contributed by atoms with Gasteiger partial charge in [-0.2, -0.15) is 0 Å². The Morgan fingerprint density at radius 3 is 2.61 bits per heavy atom. The van der Waals surface area contributed by atoms with E-state index in [-0.39, 0.29) is 17.4 Å². The number of amides is 1. The third-order valence-electron chi connectivity index (χ3n) is 3.22. The maximum absolute atomic E-state index is 12.3. The molecule has 5 heteroatoms. The quantitative estimate of drug-likeness (QED) is 0.617. The number of nitrogens with zero attached hydrogens (tertiary/aromatic N) is 1. The summed E-state index contributed by atoms with van der Waals surface area (Å²) in [7, 11) is 1.45. The van der Waals surface area contributed by atoms with Crippen molar-refractivity contribution >= 4 is 11.6 Å². The van der Waals surface area contributed by atoms with E-state index in [1.165, 1.54) is 19.2 Å². The molecule has 1 amide bonds. The third-order valence-corrected chi connectivity index (χ3v) is 3.22. The Hall–Kier alpha value is -1.91. The number of piperidine rings is 1. The Balaban J connectivity index is 2.27. The van der Waals surface area contributed by atoms with Gasteiger partial charge in [0.1, 0.15) is 0 Å². The maximum Gasteiger partial charge on any atom is 0.256 e. The van der Waals surface area contributed by atoms with Crippen LogP contribution in [0.3, 0.4) is 0 Å². The molecule has 1 fully saturated rings. The van der Waals surface area contributed by atoms with Gasteiger partial charge in [-0.05, 0) is 25.3 Å². The van der Waals surface area contributed by atoms with E-state index in [4.69, 9.17) is 10.5 Å². The number of ether oxygens (including phenoxy) is 1. The number of benzene rings is 1. The van der Waals surface area contributed by atoms with E-state index in [9.17, 15) is 9.90 Å². The maximum atomic E-state index is 12.3. The Kier molecular flexibility index (Phi) is 3.60. The molecule has 0 spiro atoms. The van der Waals surface area contributed by atoms with Crippen molar-refractivity contribution in [3.8, 4) is 11.5 Å². The standard InChI is InChI=1S/C13H18N2O3/c1-18-12-8-10(14)9(7-11(12)16)13(17)15-5-3-2-4-6-15/h7-8,16H,2-6,14H2,1H3. The second-order valence-corrected chi connectivity index (χ2v) is 4.46. The minimum absolute atomic E-state index is 0.0629. The SMILES string of the molecule is COc1cc(N)c(C(=O)N2CCCCC2)cc1O. The van der Waals surface area contributed by atoms with Gasteiger partial charge < -0.3 is 20.5 Å². The van der Waals surface area contributed by atoms with Crippen molar-refractivity contribution in [2.75, 3.05) is 25.9 Å². The van der Waals surface area contributed by atoms with Crippen LogP contribution in [0.1, 0.15) is 29.6 Å². The van der Waals surface area contributed by atoms with E-state index in [0.717, 1.165) is 32.4 Å². The summed E-state index contributed by atoms with van der Waals surface area (Å²) in [4.78, 5) is 14.0. The van der Waals surface area contributed by atoms with Crippen molar-refractivity contribution in [3.63, 3.8) is 0 Å². The lowest BCUT2D eigenvalue weighted by molar-refractivity contribution is 0.0725. The largest absolute Gasteiger partial charge is 0.504 e. The van der Waals surface area contributed by atoms with E-state index < -0.39 is 0 Å². The molecule has 1 aromatic rings. The lowest BCUT2D eigenvalue weighted by atomic mass is 10.1. The first kappa shape index (κ1) is 12.5. The monoisotopic (exact) mass is 250 g/mol. The molecule has 5 nitrogen and oxygen atoms in total. The molecule has 0 unspecified atom stereocenters. The molecule has 0 atom stereocenters. The molecule has 0 bridgehead atoms. The highest BCUT2D eigenvalue weighted by Gasteiger charge is 2.21. The number of phenolic OH excluding ortho intramolecular Hbond substituents is 1. The fourth-order valence-corrected chi connectivity index (χ4v) is 2.20. The number of likely N-dealkylation sites (tertiary alicyclic amines) is 1. The predicted molar refractivity (Wildman–Crippen MR) is 68.8 cm³/mol. The first-order valence-corrected chi connectivity index (χ1v) is 6.09. The number of hydrogen-bond acceptors (Lipinski definition) is 4. The average molecular weight is 250 g/mol. The highest BCUT2D eigenvalue weighted by Crippen LogP contribution is 2.31. The van der Waals surface area contributed by atoms with E-state index in [1.807, 2.05) is 0 Å². The number of nitrogen functional groups attached to an aromatic ring is 1. The first-order chi connectivity index (χ1) is 8.63. The number of carbonyl (C=O) groups excluding carboxylic acids is 1. The summed E-state index contributed by atoms with van der Waals surface area (Å²) in [6.45, 7) is 1.51. The van der Waals surface area contributed by atoms with Crippen molar-refractivity contribution in [2.24, 2.45) is 0 Å². The second kappa shape index (κ2) is 5.16. The van der Waals surface area contributed by atoms with Crippen LogP contribution in [-0.2, 0) is 0 Å². The third kappa shape index (κ3) is 2.34. The molecular weight excluding hydrogens is 232 g/mol. The summed E-state index contributed by atoms with van der Waals surface area (Å²) in [6, 6.07) is 2.86. The summed E-state index contributed by atoms with van der Waals surface area (Å²) >= 11 is 0. The molecular formula is C13H18N2O3. The van der Waals surface area contributed by atoms with Gasteiger partial charge in [-0.25, -0.2) is 0 Å². The Labute approximate surface area is 106 Å². The summed E-state index contributed by atoms with van der Waals surface area (Å²) in [5.41, 5.74) is 6.51. The molecule has 0 aromatic heterocycles. The minimum atomic E-state index is -0.120. The van der Waals surface area contributed by atoms with Gasteiger partial charge in [-0.15, -0.1) is 0 Å². The molecule has 0 saturated carbocycles. The van der Waals surface area contributed by atoms with Crippen molar-refractivity contribution in [1.82, 2.24) is 4.90 Å². The van der Waals surface area contributed by atoms with Crippen LogP contribution in [-0.4, -0.2) is 36.1 Å². The average Bonchev–Trinajstić information content (AvgIpc) is 2.41. The molecule has 0 radical (unpaired) electrons. The Morgan fingerprint density at radius 2 is 2.00 bits per heavy atom. The van der Waals surface area contributed by atoms with Crippen molar-refractivity contribution < 1.29 is 14.6 Å². The lowest BCUT2D eigenvalue weighted by Crippen LogP contribution is -2.35. The molecule has 0 aliphatic carbocycles. The molecule has 1 saturated heterocycles. The van der Waals surface area contributed by atoms with Crippen LogP contribution >= 0.6 is 0 Å². The number of phenols is 1. The van der Waals surface area contributed by atoms with Crippen LogP contribution in [0.15, 0.2) is 12.1 Å². The number of methoxy groups -OCH3 is 1. The zero-order valence-electron chi connectivity index (χ0n) is 10.5. The van der Waals surface area contributed by atoms with Gasteiger partial charge in [-0.3, -0.25) is 4.79 Å². The van der Waals surface area contributed by atoms with E-state index in [2.05, 4.69) is 0 Å². The van der Waals surface area contributed by atoms with Crippen LogP contribution in [0.25, 0.3) is 0 Å². The topological polar surface area (TPSA) is 75.8 Å². The van der Waals surface area contributed by atoms with Crippen molar-refractivity contribution in [3.05, 3.63) is 17.7 Å². The lowest BCUT2D eigenvalue weighted by Gasteiger charge is -2.27. The highest BCUT2D eigenvalue weighted by atomic mass is 16.5. The first-order valence-electron chi connectivity index (χ1n) is 6.09. The van der Waals surface area contributed by atoms with Crippen LogP contribution < -0.4 is 10.5 Å². The number of carbonyl (C=O) groups is 1. The Morgan fingerprint density at radius 1 is 1.33 bits per heavy atom. The van der Waals surface area contributed by atoms with Crippen molar-refractivity contribution in [2.45, 2.75) is 19.3 Å². The molecule has 1 aliphatic heterocycles. The fraction of sp³-hybridized carbons (Fsp3) is 0.462. The van der Waals surface area contributed by atoms with Crippen LogP contribution in [0, 0.1) is 0 Å². The predicted octanol–water partition coefficient (Wildman–Crippen LogP) is 1.61. The summed E-state index contributed by atoms with van der Waals surface area (Å²) < 4.78 is 4.95. The van der Waals surface area contributed by atoms with E-state index >= 15 is 0 Å². The molecule has 18 heavy (non-hydrogen) atoms. The number of nitrogens with two attached hydrogens (primary N) is 1. The minimum Gasteiger partial charge on any atom is -0.504 e. The smallest absolute Gasteiger partial charge is 0.256 e. The zero-order chi connectivity index (χ0) is 13.1. The van der Waals surface area contributed by atoms with E-state index in [1.54, 1.807) is 4.90 Å². The van der Waals surface area contributed by atoms with Gasteiger partial charge >= 0.3 is 0 Å². The summed E-state index contributed by atoms with van der Waals surface area (Å²) in [5.74, 6) is 0.0971. The summed E-state index contributed by atoms with van der Waals surface area (Å²) in [6.07, 6.45) is 3.20. The summed E-state index contributed by atoms with van der Waals surface area (Å²) in [5, 5.41) is 9.71. The van der Waals surface area contributed by atoms with Crippen LogP contribution in [0.2, 0.25) is 0 Å². The fourth-order valence-electron chi connectivity index (χ4n) is 2.20. The molecule has 98 valence electrons.